The number of halogens is 5. The second-order valence-electron chi connectivity index (χ2n) is 2.81. The largest absolute Gasteiger partial charge is 0.477 e. The minimum atomic E-state index is -5.74. The van der Waals surface area contributed by atoms with Crippen LogP contribution in [-0.2, 0) is 5.92 Å². The van der Waals surface area contributed by atoms with E-state index in [4.69, 9.17) is 5.11 Å². The number of carbonyl (C=O) groups is 1. The highest BCUT2D eigenvalue weighted by molar-refractivity contribution is 5.85. The summed E-state index contributed by atoms with van der Waals surface area (Å²) in [4.78, 5) is 13.3. The molecule has 0 spiro atoms. The van der Waals surface area contributed by atoms with Crippen molar-refractivity contribution in [2.24, 2.45) is 0 Å². The quantitative estimate of drug-likeness (QED) is 0.809. The maximum Gasteiger partial charge on any atom is 0.458 e. The van der Waals surface area contributed by atoms with E-state index in [-0.39, 0.29) is 6.20 Å². The number of hydrogen-bond donors (Lipinski definition) is 1. The van der Waals surface area contributed by atoms with Crippen molar-refractivity contribution >= 4 is 5.97 Å². The fraction of sp³-hybridized carbons (Fsp3) is 0.250. The molecule has 16 heavy (non-hydrogen) atoms. The van der Waals surface area contributed by atoms with Crippen LogP contribution in [0.25, 0.3) is 0 Å². The van der Waals surface area contributed by atoms with Crippen LogP contribution in [0.4, 0.5) is 22.0 Å². The molecule has 8 heteroatoms. The molecule has 1 rings (SSSR count). The third kappa shape index (κ3) is 2.10. The standard InChI is InChI=1S/C8H4F5NO2/c9-7(10,8(11,12)13)4-1-2-5(6(15)16)14-3-4/h1-3H,(H,15,16). The van der Waals surface area contributed by atoms with Gasteiger partial charge in [-0.2, -0.15) is 22.0 Å². The van der Waals surface area contributed by atoms with E-state index in [0.29, 0.717) is 12.1 Å². The fourth-order valence-electron chi connectivity index (χ4n) is 0.870. The lowest BCUT2D eigenvalue weighted by Crippen LogP contribution is -2.33. The number of carboxylic acid groups (broad SMARTS) is 1. The SMILES string of the molecule is O=C(O)c1ccc(C(F)(F)C(F)(F)F)cn1. The number of pyridine rings is 1. The van der Waals surface area contributed by atoms with Gasteiger partial charge in [0.1, 0.15) is 5.69 Å². The van der Waals surface area contributed by atoms with Crippen LogP contribution >= 0.6 is 0 Å². The van der Waals surface area contributed by atoms with Crippen molar-refractivity contribution in [2.45, 2.75) is 12.1 Å². The normalized spacial score (nSPS) is 12.6. The van der Waals surface area contributed by atoms with Crippen molar-refractivity contribution in [3.63, 3.8) is 0 Å². The van der Waals surface area contributed by atoms with Gasteiger partial charge in [0.25, 0.3) is 0 Å². The molecular formula is C8H4F5NO2. The minimum absolute atomic E-state index is 0.191. The molecule has 0 bridgehead atoms. The molecule has 0 aliphatic heterocycles. The molecule has 1 N–H and O–H groups in total. The lowest BCUT2D eigenvalue weighted by molar-refractivity contribution is -0.289. The van der Waals surface area contributed by atoms with Crippen molar-refractivity contribution in [3.8, 4) is 0 Å². The number of hydrogen-bond acceptors (Lipinski definition) is 2. The monoisotopic (exact) mass is 241 g/mol. The maximum atomic E-state index is 12.7. The number of carboxylic acids is 1. The zero-order valence-electron chi connectivity index (χ0n) is 7.42. The number of aromatic nitrogens is 1. The van der Waals surface area contributed by atoms with Gasteiger partial charge in [-0.25, -0.2) is 9.78 Å². The Morgan fingerprint density at radius 1 is 1.19 bits per heavy atom. The molecule has 0 saturated heterocycles. The van der Waals surface area contributed by atoms with E-state index in [9.17, 15) is 26.7 Å². The maximum absolute atomic E-state index is 12.7. The van der Waals surface area contributed by atoms with Crippen molar-refractivity contribution in [3.05, 3.63) is 29.6 Å². The summed E-state index contributed by atoms with van der Waals surface area (Å²) in [7, 11) is 0. The van der Waals surface area contributed by atoms with Gasteiger partial charge >= 0.3 is 18.1 Å². The summed E-state index contributed by atoms with van der Waals surface area (Å²) in [5.74, 6) is -6.56. The van der Waals surface area contributed by atoms with E-state index in [1.54, 1.807) is 0 Å². The van der Waals surface area contributed by atoms with E-state index >= 15 is 0 Å². The molecule has 0 amide bonds. The van der Waals surface area contributed by atoms with Crippen LogP contribution in [-0.4, -0.2) is 22.2 Å². The number of alkyl halides is 5. The molecule has 0 unspecified atom stereocenters. The van der Waals surface area contributed by atoms with E-state index in [1.165, 1.54) is 0 Å². The Labute approximate surface area is 85.5 Å². The van der Waals surface area contributed by atoms with E-state index in [1.807, 2.05) is 0 Å². The van der Waals surface area contributed by atoms with Gasteiger partial charge in [0.05, 0.1) is 0 Å². The van der Waals surface area contributed by atoms with Crippen LogP contribution in [0, 0.1) is 0 Å². The molecular weight excluding hydrogens is 237 g/mol. The highest BCUT2D eigenvalue weighted by atomic mass is 19.4. The van der Waals surface area contributed by atoms with E-state index in [0.717, 1.165) is 0 Å². The molecule has 1 heterocycles. The van der Waals surface area contributed by atoms with E-state index in [2.05, 4.69) is 4.98 Å². The average molecular weight is 241 g/mol. The summed E-state index contributed by atoms with van der Waals surface area (Å²) in [5.41, 5.74) is -2.01. The Bertz CT molecular complexity index is 398. The van der Waals surface area contributed by atoms with Crippen LogP contribution in [0.5, 0.6) is 0 Å². The summed E-state index contributed by atoms with van der Waals surface area (Å²) in [5, 5.41) is 8.37. The highest BCUT2D eigenvalue weighted by Gasteiger charge is 2.58. The van der Waals surface area contributed by atoms with Crippen LogP contribution in [0.15, 0.2) is 18.3 Å². The molecule has 0 aliphatic carbocycles. The number of nitrogens with zero attached hydrogens (tertiary/aromatic N) is 1. The van der Waals surface area contributed by atoms with Crippen molar-refractivity contribution in [2.75, 3.05) is 0 Å². The third-order valence-electron chi connectivity index (χ3n) is 1.70. The Morgan fingerprint density at radius 3 is 2.06 bits per heavy atom. The predicted octanol–water partition coefficient (Wildman–Crippen LogP) is 2.43. The van der Waals surface area contributed by atoms with Gasteiger partial charge in [-0.3, -0.25) is 0 Å². The second-order valence-corrected chi connectivity index (χ2v) is 2.81. The van der Waals surface area contributed by atoms with Crippen LogP contribution < -0.4 is 0 Å². The average Bonchev–Trinajstić information content (AvgIpc) is 2.16. The number of rotatable bonds is 2. The summed E-state index contributed by atoms with van der Waals surface area (Å²) in [6.45, 7) is 0. The Hall–Kier alpha value is -1.73. The van der Waals surface area contributed by atoms with Gasteiger partial charge in [0.15, 0.2) is 0 Å². The summed E-state index contributed by atoms with van der Waals surface area (Å²) in [6.07, 6.45) is -5.55. The first-order valence-electron chi connectivity index (χ1n) is 3.80. The van der Waals surface area contributed by atoms with Gasteiger partial charge in [-0.1, -0.05) is 0 Å². The third-order valence-corrected chi connectivity index (χ3v) is 1.70. The molecule has 0 saturated carbocycles. The van der Waals surface area contributed by atoms with Gasteiger partial charge in [0.2, 0.25) is 0 Å². The zero-order valence-corrected chi connectivity index (χ0v) is 7.42. The van der Waals surface area contributed by atoms with Crippen molar-refractivity contribution in [1.29, 1.82) is 0 Å². The summed E-state index contributed by atoms with van der Waals surface area (Å²) in [6, 6.07) is 0.960. The van der Waals surface area contributed by atoms with E-state index < -0.39 is 29.3 Å². The molecule has 0 aliphatic rings. The lowest BCUT2D eigenvalue weighted by atomic mass is 10.1. The molecule has 1 aromatic heterocycles. The first-order valence-corrected chi connectivity index (χ1v) is 3.80. The van der Waals surface area contributed by atoms with Gasteiger partial charge < -0.3 is 5.11 Å². The molecule has 0 aromatic carbocycles. The first kappa shape index (κ1) is 12.3. The Morgan fingerprint density at radius 2 is 1.75 bits per heavy atom. The zero-order chi connectivity index (χ0) is 12.6. The Balaban J connectivity index is 3.11. The number of aromatic carboxylic acids is 1. The smallest absolute Gasteiger partial charge is 0.458 e. The van der Waals surface area contributed by atoms with Crippen LogP contribution in [0.3, 0.4) is 0 Å². The van der Waals surface area contributed by atoms with Crippen molar-refractivity contribution < 1.29 is 31.9 Å². The van der Waals surface area contributed by atoms with Crippen LogP contribution in [0.1, 0.15) is 16.1 Å². The molecule has 88 valence electrons. The fourth-order valence-corrected chi connectivity index (χ4v) is 0.870. The van der Waals surface area contributed by atoms with Crippen molar-refractivity contribution in [1.82, 2.24) is 4.98 Å². The van der Waals surface area contributed by atoms with Crippen LogP contribution in [0.2, 0.25) is 0 Å². The molecule has 1 aromatic rings. The Kier molecular flexibility index (Phi) is 2.85. The summed E-state index contributed by atoms with van der Waals surface area (Å²) < 4.78 is 61.0. The molecule has 0 fully saturated rings. The molecule has 3 nitrogen and oxygen atoms in total. The first-order chi connectivity index (χ1) is 7.16. The predicted molar refractivity (Wildman–Crippen MR) is 41.1 cm³/mol. The molecule has 0 atom stereocenters. The minimum Gasteiger partial charge on any atom is -0.477 e. The van der Waals surface area contributed by atoms with Gasteiger partial charge in [-0.05, 0) is 12.1 Å². The van der Waals surface area contributed by atoms with Gasteiger partial charge in [-0.15, -0.1) is 0 Å². The topological polar surface area (TPSA) is 50.2 Å². The lowest BCUT2D eigenvalue weighted by Gasteiger charge is -2.19. The second kappa shape index (κ2) is 3.69. The molecule has 0 radical (unpaired) electrons. The van der Waals surface area contributed by atoms with Gasteiger partial charge in [0, 0.05) is 11.8 Å². The highest BCUT2D eigenvalue weighted by Crippen LogP contribution is 2.43. The summed E-state index contributed by atoms with van der Waals surface area (Å²) >= 11 is 0.